The first-order chi connectivity index (χ1) is 8.39. The summed E-state index contributed by atoms with van der Waals surface area (Å²) >= 11 is 0. The average molecular weight is 251 g/mol. The number of rotatable bonds is 3. The number of hydrogen-bond donors (Lipinski definition) is 1. The van der Waals surface area contributed by atoms with E-state index in [2.05, 4.69) is 0 Å². The smallest absolute Gasteiger partial charge is 0.341 e. The van der Waals surface area contributed by atoms with E-state index in [1.54, 1.807) is 12.3 Å². The molecule has 0 aromatic carbocycles. The van der Waals surface area contributed by atoms with Crippen LogP contribution in [0.1, 0.15) is 37.0 Å². The Morgan fingerprint density at radius 3 is 2.89 bits per heavy atom. The van der Waals surface area contributed by atoms with Gasteiger partial charge in [0.15, 0.2) is 0 Å². The summed E-state index contributed by atoms with van der Waals surface area (Å²) in [4.78, 5) is 22.8. The number of carboxylic acids is 1. The summed E-state index contributed by atoms with van der Waals surface area (Å²) in [7, 11) is 0. The lowest BCUT2D eigenvalue weighted by molar-refractivity contribution is -0.0221. The molecule has 5 heteroatoms. The van der Waals surface area contributed by atoms with Crippen molar-refractivity contribution in [2.45, 2.75) is 44.9 Å². The van der Waals surface area contributed by atoms with E-state index in [1.807, 2.05) is 13.8 Å². The van der Waals surface area contributed by atoms with Crippen LogP contribution in [-0.4, -0.2) is 27.3 Å². The van der Waals surface area contributed by atoms with E-state index in [4.69, 9.17) is 9.84 Å². The van der Waals surface area contributed by atoms with Crippen molar-refractivity contribution in [2.24, 2.45) is 0 Å². The Bertz CT molecular complexity index is 518. The Hall–Kier alpha value is -1.62. The highest BCUT2D eigenvalue weighted by molar-refractivity contribution is 5.86. The molecular weight excluding hydrogens is 234 g/mol. The van der Waals surface area contributed by atoms with Crippen LogP contribution in [0.25, 0.3) is 0 Å². The topological polar surface area (TPSA) is 68.5 Å². The Balaban J connectivity index is 2.18. The van der Waals surface area contributed by atoms with Gasteiger partial charge in [-0.25, -0.2) is 4.79 Å². The average Bonchev–Trinajstić information content (AvgIpc) is 2.61. The minimum atomic E-state index is -1.19. The molecule has 1 saturated heterocycles. The summed E-state index contributed by atoms with van der Waals surface area (Å²) in [5, 5.41) is 8.89. The fourth-order valence-electron chi connectivity index (χ4n) is 2.27. The van der Waals surface area contributed by atoms with Crippen LogP contribution in [0.15, 0.2) is 23.1 Å². The van der Waals surface area contributed by atoms with E-state index in [-0.39, 0.29) is 17.3 Å². The highest BCUT2D eigenvalue weighted by Gasteiger charge is 2.31. The molecule has 0 bridgehead atoms. The summed E-state index contributed by atoms with van der Waals surface area (Å²) in [5.41, 5.74) is -0.827. The van der Waals surface area contributed by atoms with Crippen molar-refractivity contribution in [3.63, 3.8) is 0 Å². The summed E-state index contributed by atoms with van der Waals surface area (Å²) in [6.45, 7) is 4.44. The number of carbonyl (C=O) groups is 1. The Morgan fingerprint density at radius 2 is 2.33 bits per heavy atom. The molecule has 98 valence electrons. The number of ether oxygens (including phenoxy) is 1. The normalized spacial score (nSPS) is 22.0. The van der Waals surface area contributed by atoms with Crippen LogP contribution in [0, 0.1) is 0 Å². The third-order valence-electron chi connectivity index (χ3n) is 3.20. The summed E-state index contributed by atoms with van der Waals surface area (Å²) in [5.74, 6) is -1.19. The summed E-state index contributed by atoms with van der Waals surface area (Å²) in [6.07, 6.45) is 3.41. The van der Waals surface area contributed by atoms with Gasteiger partial charge < -0.3 is 14.4 Å². The molecule has 0 saturated carbocycles. The molecule has 1 aliphatic rings. The van der Waals surface area contributed by atoms with Gasteiger partial charge in [0.2, 0.25) is 0 Å². The van der Waals surface area contributed by atoms with Gasteiger partial charge in [-0.15, -0.1) is 0 Å². The van der Waals surface area contributed by atoms with Gasteiger partial charge in [-0.05, 0) is 38.8 Å². The molecule has 1 fully saturated rings. The molecule has 1 unspecified atom stereocenters. The number of carboxylic acid groups (broad SMARTS) is 1. The molecule has 0 amide bonds. The first kappa shape index (κ1) is 12.8. The van der Waals surface area contributed by atoms with Gasteiger partial charge in [0.25, 0.3) is 5.56 Å². The molecule has 1 N–H and O–H groups in total. The summed E-state index contributed by atoms with van der Waals surface area (Å²) in [6, 6.07) is 2.89. The number of hydrogen-bond acceptors (Lipinski definition) is 3. The van der Waals surface area contributed by atoms with Gasteiger partial charge in [0.05, 0.1) is 18.2 Å². The molecule has 2 heterocycles. The maximum Gasteiger partial charge on any atom is 0.341 e. The van der Waals surface area contributed by atoms with Gasteiger partial charge in [0, 0.05) is 6.20 Å². The second-order valence-electron chi connectivity index (χ2n) is 5.22. The van der Waals surface area contributed by atoms with Crippen molar-refractivity contribution in [3.8, 4) is 0 Å². The van der Waals surface area contributed by atoms with Crippen molar-refractivity contribution < 1.29 is 14.6 Å². The molecule has 1 aromatic rings. The zero-order valence-corrected chi connectivity index (χ0v) is 10.5. The van der Waals surface area contributed by atoms with Gasteiger partial charge >= 0.3 is 5.97 Å². The third-order valence-corrected chi connectivity index (χ3v) is 3.20. The largest absolute Gasteiger partial charge is 0.477 e. The fraction of sp³-hybridized carbons (Fsp3) is 0.538. The number of nitrogens with zero attached hydrogens (tertiary/aromatic N) is 1. The van der Waals surface area contributed by atoms with E-state index in [0.717, 1.165) is 12.8 Å². The maximum atomic E-state index is 11.9. The molecule has 1 aliphatic heterocycles. The van der Waals surface area contributed by atoms with Crippen molar-refractivity contribution in [3.05, 3.63) is 34.2 Å². The second-order valence-corrected chi connectivity index (χ2v) is 5.22. The summed E-state index contributed by atoms with van der Waals surface area (Å²) < 4.78 is 7.21. The molecule has 0 spiro atoms. The van der Waals surface area contributed by atoms with Gasteiger partial charge in [-0.3, -0.25) is 4.79 Å². The molecule has 18 heavy (non-hydrogen) atoms. The lowest BCUT2D eigenvalue weighted by atomic mass is 10.1. The van der Waals surface area contributed by atoms with Crippen LogP contribution in [0.3, 0.4) is 0 Å². The van der Waals surface area contributed by atoms with Crippen LogP contribution in [0.5, 0.6) is 0 Å². The molecular formula is C13H17NO4. The third kappa shape index (κ3) is 2.61. The van der Waals surface area contributed by atoms with E-state index in [0.29, 0.717) is 6.54 Å². The van der Waals surface area contributed by atoms with Crippen molar-refractivity contribution in [2.75, 3.05) is 0 Å². The molecule has 2 rings (SSSR count). The Morgan fingerprint density at radius 1 is 1.61 bits per heavy atom. The highest BCUT2D eigenvalue weighted by atomic mass is 16.5. The quantitative estimate of drug-likeness (QED) is 0.884. The van der Waals surface area contributed by atoms with Crippen molar-refractivity contribution in [1.82, 2.24) is 4.57 Å². The Kier molecular flexibility index (Phi) is 3.26. The predicted octanol–water partition coefficient (Wildman–Crippen LogP) is 1.50. The lowest BCUT2D eigenvalue weighted by Gasteiger charge is -2.19. The molecule has 1 atom stereocenters. The van der Waals surface area contributed by atoms with Crippen molar-refractivity contribution >= 4 is 5.97 Å². The zero-order valence-electron chi connectivity index (χ0n) is 10.5. The maximum absolute atomic E-state index is 11.9. The van der Waals surface area contributed by atoms with E-state index in [1.165, 1.54) is 10.6 Å². The monoisotopic (exact) mass is 251 g/mol. The van der Waals surface area contributed by atoms with Crippen LogP contribution < -0.4 is 5.56 Å². The highest BCUT2D eigenvalue weighted by Crippen LogP contribution is 2.29. The van der Waals surface area contributed by atoms with E-state index in [9.17, 15) is 9.59 Å². The van der Waals surface area contributed by atoms with Crippen LogP contribution >= 0.6 is 0 Å². The van der Waals surface area contributed by atoms with Gasteiger partial charge in [0.1, 0.15) is 5.56 Å². The zero-order chi connectivity index (χ0) is 13.3. The number of pyridine rings is 1. The van der Waals surface area contributed by atoms with Crippen LogP contribution in [0.4, 0.5) is 0 Å². The molecule has 0 radical (unpaired) electrons. The number of aromatic carboxylic acids is 1. The Labute approximate surface area is 105 Å². The molecule has 5 nitrogen and oxygen atoms in total. The minimum Gasteiger partial charge on any atom is -0.477 e. The fourth-order valence-corrected chi connectivity index (χ4v) is 2.27. The van der Waals surface area contributed by atoms with Crippen molar-refractivity contribution in [1.29, 1.82) is 0 Å². The first-order valence-corrected chi connectivity index (χ1v) is 6.00. The van der Waals surface area contributed by atoms with E-state index >= 15 is 0 Å². The standard InChI is InChI=1S/C13H17NO4/c1-13(2)6-5-9(18-13)8-14-7-3-4-10(11(14)15)12(16)17/h3-4,7,9H,5-6,8H2,1-2H3,(H,16,17). The van der Waals surface area contributed by atoms with Gasteiger partial charge in [-0.2, -0.15) is 0 Å². The first-order valence-electron chi connectivity index (χ1n) is 6.00. The van der Waals surface area contributed by atoms with Gasteiger partial charge in [-0.1, -0.05) is 0 Å². The molecule has 0 aliphatic carbocycles. The minimum absolute atomic E-state index is 0.0262. The lowest BCUT2D eigenvalue weighted by Crippen LogP contribution is -2.31. The molecule has 1 aromatic heterocycles. The predicted molar refractivity (Wildman–Crippen MR) is 65.8 cm³/mol. The van der Waals surface area contributed by atoms with Crippen LogP contribution in [-0.2, 0) is 11.3 Å². The second kappa shape index (κ2) is 4.57. The van der Waals surface area contributed by atoms with E-state index < -0.39 is 11.5 Å². The number of aromatic nitrogens is 1. The SMILES string of the molecule is CC1(C)CCC(Cn2cccc(C(=O)O)c2=O)O1. The van der Waals surface area contributed by atoms with Crippen LogP contribution in [0.2, 0.25) is 0 Å².